The van der Waals surface area contributed by atoms with Crippen molar-refractivity contribution < 1.29 is 19.8 Å². The van der Waals surface area contributed by atoms with Crippen LogP contribution in [0.2, 0.25) is 0 Å². The molecule has 0 aliphatic carbocycles. The van der Waals surface area contributed by atoms with Gasteiger partial charge in [0.1, 0.15) is 0 Å². The molecule has 6 nitrogen and oxygen atoms in total. The summed E-state index contributed by atoms with van der Waals surface area (Å²) in [4.78, 5) is 23.4. The van der Waals surface area contributed by atoms with Crippen LogP contribution in [-0.4, -0.2) is 53.4 Å². The van der Waals surface area contributed by atoms with E-state index in [1.807, 2.05) is 0 Å². The summed E-state index contributed by atoms with van der Waals surface area (Å²) in [6, 6.07) is -0.247. The minimum Gasteiger partial charge on any atom is -0.479 e. The third-order valence-electron chi connectivity index (χ3n) is 2.37. The molecule has 6 heteroatoms. The number of carbonyl (C=O) groups is 2. The number of aliphatic hydroxyl groups excluding tert-OH is 1. The number of urea groups is 1. The van der Waals surface area contributed by atoms with Crippen LogP contribution in [0.25, 0.3) is 0 Å². The van der Waals surface area contributed by atoms with Crippen molar-refractivity contribution in [3.8, 4) is 0 Å². The minimum atomic E-state index is -1.42. The summed E-state index contributed by atoms with van der Waals surface area (Å²) in [6.07, 6.45) is -0.489. The van der Waals surface area contributed by atoms with Crippen LogP contribution in [0.1, 0.15) is 26.7 Å². The number of carboxylic acid groups (broad SMARTS) is 1. The van der Waals surface area contributed by atoms with Gasteiger partial charge in [0.2, 0.25) is 0 Å². The molecule has 0 rings (SSSR count). The third kappa shape index (κ3) is 7.57. The molecule has 0 spiro atoms. The SMILES string of the molecule is CC(C)CCN(C)C(=O)NCC[C@H](O)C(=O)O. The van der Waals surface area contributed by atoms with Crippen LogP contribution in [-0.2, 0) is 4.79 Å². The predicted molar refractivity (Wildman–Crippen MR) is 63.7 cm³/mol. The average molecular weight is 246 g/mol. The quantitative estimate of drug-likeness (QED) is 0.610. The number of amides is 2. The molecule has 0 bridgehead atoms. The number of aliphatic carboxylic acids is 1. The zero-order valence-corrected chi connectivity index (χ0v) is 10.6. The van der Waals surface area contributed by atoms with Gasteiger partial charge in [-0.15, -0.1) is 0 Å². The first-order valence-corrected chi connectivity index (χ1v) is 5.74. The van der Waals surface area contributed by atoms with Crippen molar-refractivity contribution in [2.45, 2.75) is 32.8 Å². The lowest BCUT2D eigenvalue weighted by atomic mass is 10.1. The molecule has 0 aromatic heterocycles. The highest BCUT2D eigenvalue weighted by molar-refractivity contribution is 5.74. The Morgan fingerprint density at radius 1 is 1.29 bits per heavy atom. The van der Waals surface area contributed by atoms with E-state index < -0.39 is 12.1 Å². The first-order valence-electron chi connectivity index (χ1n) is 5.74. The molecule has 1 atom stereocenters. The van der Waals surface area contributed by atoms with Gasteiger partial charge in [-0.05, 0) is 12.3 Å². The average Bonchev–Trinajstić information content (AvgIpc) is 2.25. The summed E-state index contributed by atoms with van der Waals surface area (Å²) < 4.78 is 0. The smallest absolute Gasteiger partial charge is 0.332 e. The van der Waals surface area contributed by atoms with Gasteiger partial charge in [0.15, 0.2) is 6.10 Å². The maximum absolute atomic E-state index is 11.5. The van der Waals surface area contributed by atoms with Crippen molar-refractivity contribution in [1.29, 1.82) is 0 Å². The fourth-order valence-electron chi connectivity index (χ4n) is 1.13. The number of nitrogens with zero attached hydrogens (tertiary/aromatic N) is 1. The summed E-state index contributed by atoms with van der Waals surface area (Å²) >= 11 is 0. The van der Waals surface area contributed by atoms with Gasteiger partial charge in [-0.3, -0.25) is 0 Å². The Bertz CT molecular complexity index is 256. The zero-order chi connectivity index (χ0) is 13.4. The Labute approximate surface area is 102 Å². The van der Waals surface area contributed by atoms with Crippen LogP contribution >= 0.6 is 0 Å². The second kappa shape index (κ2) is 7.89. The number of carboxylic acids is 1. The molecule has 0 aromatic rings. The molecule has 0 aromatic carbocycles. The van der Waals surface area contributed by atoms with E-state index in [4.69, 9.17) is 10.2 Å². The largest absolute Gasteiger partial charge is 0.479 e. The molecule has 0 aliphatic heterocycles. The molecular weight excluding hydrogens is 224 g/mol. The summed E-state index contributed by atoms with van der Waals surface area (Å²) in [5.74, 6) is -0.744. The molecule has 3 N–H and O–H groups in total. The van der Waals surface area contributed by atoms with Crippen molar-refractivity contribution in [2.24, 2.45) is 5.92 Å². The topological polar surface area (TPSA) is 89.9 Å². The van der Waals surface area contributed by atoms with E-state index in [2.05, 4.69) is 19.2 Å². The van der Waals surface area contributed by atoms with Gasteiger partial charge in [-0.1, -0.05) is 13.8 Å². The highest BCUT2D eigenvalue weighted by Gasteiger charge is 2.14. The highest BCUT2D eigenvalue weighted by Crippen LogP contribution is 2.00. The van der Waals surface area contributed by atoms with E-state index in [1.54, 1.807) is 11.9 Å². The number of nitrogens with one attached hydrogen (secondary N) is 1. The molecule has 0 saturated heterocycles. The standard InChI is InChI=1S/C11H22N2O4/c1-8(2)5-7-13(3)11(17)12-6-4-9(14)10(15)16/h8-9,14H,4-7H2,1-3H3,(H,12,17)(H,15,16)/t9-/m0/s1. The van der Waals surface area contributed by atoms with E-state index in [1.165, 1.54) is 0 Å². The fourth-order valence-corrected chi connectivity index (χ4v) is 1.13. The lowest BCUT2D eigenvalue weighted by Gasteiger charge is -2.19. The zero-order valence-electron chi connectivity index (χ0n) is 10.6. The molecule has 100 valence electrons. The number of aliphatic hydroxyl groups is 1. The van der Waals surface area contributed by atoms with Crippen LogP contribution < -0.4 is 5.32 Å². The monoisotopic (exact) mass is 246 g/mol. The van der Waals surface area contributed by atoms with Gasteiger partial charge in [0.25, 0.3) is 0 Å². The molecule has 2 amide bonds. The second-order valence-electron chi connectivity index (χ2n) is 4.48. The summed E-state index contributed by atoms with van der Waals surface area (Å²) in [7, 11) is 1.69. The summed E-state index contributed by atoms with van der Waals surface area (Å²) in [5, 5.41) is 20.0. The Morgan fingerprint density at radius 3 is 2.35 bits per heavy atom. The van der Waals surface area contributed by atoms with Crippen LogP contribution in [0.15, 0.2) is 0 Å². The predicted octanol–water partition coefficient (Wildman–Crippen LogP) is 0.509. The minimum absolute atomic E-state index is 0.0130. The van der Waals surface area contributed by atoms with Gasteiger partial charge in [0, 0.05) is 26.6 Å². The highest BCUT2D eigenvalue weighted by atomic mass is 16.4. The summed E-state index contributed by atoms with van der Waals surface area (Å²) in [6.45, 7) is 4.97. The fraction of sp³-hybridized carbons (Fsp3) is 0.818. The van der Waals surface area contributed by atoms with Crippen molar-refractivity contribution in [3.05, 3.63) is 0 Å². The molecule has 0 aliphatic rings. The number of hydrogen-bond acceptors (Lipinski definition) is 3. The maximum Gasteiger partial charge on any atom is 0.332 e. The molecule has 17 heavy (non-hydrogen) atoms. The molecule has 0 fully saturated rings. The van der Waals surface area contributed by atoms with E-state index in [-0.39, 0.29) is 19.0 Å². The molecule has 0 saturated carbocycles. The Balaban J connectivity index is 3.74. The Morgan fingerprint density at radius 2 is 1.88 bits per heavy atom. The Hall–Kier alpha value is -1.30. The molecule has 0 unspecified atom stereocenters. The number of carbonyl (C=O) groups excluding carboxylic acids is 1. The van der Waals surface area contributed by atoms with Gasteiger partial charge < -0.3 is 20.4 Å². The third-order valence-corrected chi connectivity index (χ3v) is 2.37. The van der Waals surface area contributed by atoms with Crippen LogP contribution in [0, 0.1) is 5.92 Å². The van der Waals surface area contributed by atoms with E-state index in [0.717, 1.165) is 6.42 Å². The van der Waals surface area contributed by atoms with Crippen LogP contribution in [0.4, 0.5) is 4.79 Å². The van der Waals surface area contributed by atoms with E-state index in [9.17, 15) is 9.59 Å². The number of hydrogen-bond donors (Lipinski definition) is 3. The van der Waals surface area contributed by atoms with Crippen LogP contribution in [0.5, 0.6) is 0 Å². The van der Waals surface area contributed by atoms with Gasteiger partial charge in [0.05, 0.1) is 0 Å². The van der Waals surface area contributed by atoms with Crippen molar-refractivity contribution in [2.75, 3.05) is 20.1 Å². The Kier molecular flexibility index (Phi) is 7.29. The van der Waals surface area contributed by atoms with Crippen molar-refractivity contribution >= 4 is 12.0 Å². The van der Waals surface area contributed by atoms with Crippen LogP contribution in [0.3, 0.4) is 0 Å². The first kappa shape index (κ1) is 15.7. The lowest BCUT2D eigenvalue weighted by Crippen LogP contribution is -2.39. The van der Waals surface area contributed by atoms with Gasteiger partial charge in [-0.25, -0.2) is 9.59 Å². The summed E-state index contributed by atoms with van der Waals surface area (Å²) in [5.41, 5.74) is 0. The molecule has 0 heterocycles. The molecule has 0 radical (unpaired) electrons. The van der Waals surface area contributed by atoms with E-state index in [0.29, 0.717) is 12.5 Å². The van der Waals surface area contributed by atoms with Crippen molar-refractivity contribution in [3.63, 3.8) is 0 Å². The van der Waals surface area contributed by atoms with E-state index >= 15 is 0 Å². The first-order chi connectivity index (χ1) is 7.84. The molecular formula is C11H22N2O4. The lowest BCUT2D eigenvalue weighted by molar-refractivity contribution is -0.146. The second-order valence-corrected chi connectivity index (χ2v) is 4.48. The van der Waals surface area contributed by atoms with Crippen molar-refractivity contribution in [1.82, 2.24) is 10.2 Å². The normalized spacial score (nSPS) is 12.3. The number of rotatable bonds is 7. The van der Waals surface area contributed by atoms with Gasteiger partial charge >= 0.3 is 12.0 Å². The van der Waals surface area contributed by atoms with Gasteiger partial charge in [-0.2, -0.15) is 0 Å². The maximum atomic E-state index is 11.5.